The molecule has 1 aliphatic rings. The second-order valence-corrected chi connectivity index (χ2v) is 5.15. The first-order valence-electron chi connectivity index (χ1n) is 5.84. The molecule has 20 heavy (non-hydrogen) atoms. The third kappa shape index (κ3) is 1.60. The zero-order valence-corrected chi connectivity index (χ0v) is 11.8. The van der Waals surface area contributed by atoms with Gasteiger partial charge >= 0.3 is 0 Å². The first kappa shape index (κ1) is 12.6. The molecule has 0 aromatic heterocycles. The van der Waals surface area contributed by atoms with E-state index in [2.05, 4.69) is 6.07 Å². The van der Waals surface area contributed by atoms with Crippen LogP contribution in [0, 0.1) is 22.7 Å². The lowest BCUT2D eigenvalue weighted by molar-refractivity contribution is 1.40. The molecule has 0 fully saturated rings. The van der Waals surface area contributed by atoms with E-state index in [1.165, 1.54) is 0 Å². The predicted molar refractivity (Wildman–Crippen MR) is 83.9 cm³/mol. The Kier molecular flexibility index (Phi) is 2.91. The van der Waals surface area contributed by atoms with Crippen molar-refractivity contribution in [1.29, 1.82) is 10.5 Å². The molecule has 3 rings (SSSR count). The Morgan fingerprint density at radius 1 is 0.750 bits per heavy atom. The second kappa shape index (κ2) is 4.61. The second-order valence-electron chi connectivity index (χ2n) is 4.34. The fourth-order valence-electron chi connectivity index (χ4n) is 2.40. The van der Waals surface area contributed by atoms with Crippen LogP contribution in [0.5, 0.6) is 0 Å². The lowest BCUT2D eigenvalue weighted by Crippen LogP contribution is -2.21. The zero-order chi connectivity index (χ0) is 14.3. The lowest BCUT2D eigenvalue weighted by Gasteiger charge is -2.22. The number of hydrogen-bond acceptors (Lipinski definition) is 4. The van der Waals surface area contributed by atoms with Crippen LogP contribution in [-0.2, 0) is 0 Å². The molecule has 0 saturated carbocycles. The minimum Gasteiger partial charge on any atom is -0.192 e. The van der Waals surface area contributed by atoms with Gasteiger partial charge in [-0.05, 0) is 6.07 Å². The van der Waals surface area contributed by atoms with Crippen molar-refractivity contribution in [3.05, 3.63) is 69.8 Å². The van der Waals surface area contributed by atoms with Crippen molar-refractivity contribution in [2.24, 2.45) is 0 Å². The van der Waals surface area contributed by atoms with Gasteiger partial charge in [0.2, 0.25) is 0 Å². The van der Waals surface area contributed by atoms with Crippen LogP contribution in [0.15, 0.2) is 36.4 Å². The third-order valence-electron chi connectivity index (χ3n) is 3.33. The monoisotopic (exact) mass is 290 g/mol. The molecule has 4 heteroatoms. The number of hydrogen-bond donors (Lipinski definition) is 0. The van der Waals surface area contributed by atoms with Crippen LogP contribution in [-0.4, -0.2) is 9.73 Å². The molecule has 92 valence electrons. The topological polar surface area (TPSA) is 47.6 Å². The molecule has 0 N–H and O–H groups in total. The summed E-state index contributed by atoms with van der Waals surface area (Å²) < 4.78 is 0. The van der Waals surface area contributed by atoms with Crippen LogP contribution in [0.25, 0.3) is 0 Å². The van der Waals surface area contributed by atoms with Crippen molar-refractivity contribution in [2.45, 2.75) is 0 Å². The number of thiocarbonyl (C=S) groups is 2. The molecular formula is C16H6N2S2. The smallest absolute Gasteiger partial charge is 0.101 e. The van der Waals surface area contributed by atoms with Crippen molar-refractivity contribution in [1.82, 2.24) is 0 Å². The summed E-state index contributed by atoms with van der Waals surface area (Å²) >= 11 is 11.0. The average Bonchev–Trinajstić information content (AvgIpc) is 2.51. The van der Waals surface area contributed by atoms with E-state index < -0.39 is 0 Å². The molecule has 0 bridgehead atoms. The lowest BCUT2D eigenvalue weighted by atomic mass is 9.82. The minimum absolute atomic E-state index is 0.312. The van der Waals surface area contributed by atoms with E-state index in [-0.39, 0.29) is 0 Å². The molecule has 0 spiro atoms. The van der Waals surface area contributed by atoms with Crippen LogP contribution in [0.4, 0.5) is 0 Å². The molecule has 0 amide bonds. The summed E-state index contributed by atoms with van der Waals surface area (Å²) in [7, 11) is 0. The molecule has 2 nitrogen and oxygen atoms in total. The van der Waals surface area contributed by atoms with Crippen LogP contribution < -0.4 is 0 Å². The number of fused-ring (bicyclic) bond motifs is 2. The molecule has 2 aromatic carbocycles. The van der Waals surface area contributed by atoms with Crippen LogP contribution in [0.3, 0.4) is 0 Å². The summed E-state index contributed by atoms with van der Waals surface area (Å²) in [6.45, 7) is 0. The van der Waals surface area contributed by atoms with Crippen LogP contribution in [0.1, 0.15) is 33.4 Å². The van der Waals surface area contributed by atoms with Gasteiger partial charge in [-0.3, -0.25) is 0 Å². The van der Waals surface area contributed by atoms with Crippen molar-refractivity contribution in [2.75, 3.05) is 0 Å². The molecule has 1 aliphatic carbocycles. The van der Waals surface area contributed by atoms with Gasteiger partial charge in [-0.15, -0.1) is 0 Å². The minimum atomic E-state index is 0.312. The Labute approximate surface area is 126 Å². The maximum Gasteiger partial charge on any atom is 0.101 e. The average molecular weight is 290 g/mol. The summed E-state index contributed by atoms with van der Waals surface area (Å²) in [5.41, 5.74) is 3.78. The van der Waals surface area contributed by atoms with E-state index in [1.807, 2.05) is 30.3 Å². The summed E-state index contributed by atoms with van der Waals surface area (Å²) in [6.07, 6.45) is 0. The van der Waals surface area contributed by atoms with Crippen LogP contribution in [0.2, 0.25) is 0 Å². The number of nitrogens with zero attached hydrogens (tertiary/aromatic N) is 2. The maximum absolute atomic E-state index is 9.35. The molecular weight excluding hydrogens is 284 g/mol. The summed E-state index contributed by atoms with van der Waals surface area (Å²) in [5, 5.41) is 18.5. The summed E-state index contributed by atoms with van der Waals surface area (Å²) in [4.78, 5) is 1.25. The van der Waals surface area contributed by atoms with Gasteiger partial charge in [0.25, 0.3) is 0 Å². The molecule has 2 aromatic rings. The number of nitriles is 2. The van der Waals surface area contributed by atoms with Crippen molar-refractivity contribution in [3.8, 4) is 12.1 Å². The van der Waals surface area contributed by atoms with Gasteiger partial charge in [-0.25, -0.2) is 0 Å². The highest BCUT2D eigenvalue weighted by Gasteiger charge is 2.27. The zero-order valence-electron chi connectivity index (χ0n) is 10.2. The Balaban J connectivity index is 2.41. The number of rotatable bonds is 0. The molecule has 0 atom stereocenters. The Hall–Kier alpha value is -2.40. The van der Waals surface area contributed by atoms with Crippen LogP contribution >= 0.6 is 24.4 Å². The van der Waals surface area contributed by atoms with E-state index >= 15 is 0 Å². The molecule has 0 aliphatic heterocycles. The van der Waals surface area contributed by atoms with Gasteiger partial charge < -0.3 is 0 Å². The highest BCUT2D eigenvalue weighted by molar-refractivity contribution is 7.82. The fourth-order valence-corrected chi connectivity index (χ4v) is 3.13. The largest absolute Gasteiger partial charge is 0.192 e. The van der Waals surface area contributed by atoms with Gasteiger partial charge in [0.1, 0.15) is 12.1 Å². The van der Waals surface area contributed by atoms with Gasteiger partial charge in [-0.1, -0.05) is 54.8 Å². The molecule has 0 saturated heterocycles. The standard InChI is InChI=1S/C16H6N2S2/c17-7-9-5-6-12-14(13(9)8-18)16(20)11-4-2-1-3-10(11)15(12)19/h1-6H. The van der Waals surface area contributed by atoms with Gasteiger partial charge in [-0.2, -0.15) is 10.5 Å². The highest BCUT2D eigenvalue weighted by atomic mass is 32.1. The van der Waals surface area contributed by atoms with Gasteiger partial charge in [0.15, 0.2) is 0 Å². The Bertz CT molecular complexity index is 867. The third-order valence-corrected chi connectivity index (χ3v) is 4.19. The SMILES string of the molecule is N#Cc1ccc2c(c1C#N)C(=S)c1ccccc1C2=S. The molecule has 0 radical (unpaired) electrons. The predicted octanol–water partition coefficient (Wildman–Crippen LogP) is 3.28. The van der Waals surface area contributed by atoms with E-state index in [9.17, 15) is 5.26 Å². The quantitative estimate of drug-likeness (QED) is 0.596. The fraction of sp³-hybridized carbons (Fsp3) is 0. The van der Waals surface area contributed by atoms with Gasteiger partial charge in [0.05, 0.1) is 20.9 Å². The number of benzene rings is 2. The first-order chi connectivity index (χ1) is 9.69. The molecule has 0 heterocycles. The van der Waals surface area contributed by atoms with Gasteiger partial charge in [0, 0.05) is 22.3 Å². The highest BCUT2D eigenvalue weighted by Crippen LogP contribution is 2.31. The van der Waals surface area contributed by atoms with Crippen molar-refractivity contribution in [3.63, 3.8) is 0 Å². The Morgan fingerprint density at radius 3 is 2.00 bits per heavy atom. The Morgan fingerprint density at radius 2 is 1.40 bits per heavy atom. The van der Waals surface area contributed by atoms with Crippen molar-refractivity contribution < 1.29 is 0 Å². The van der Waals surface area contributed by atoms with E-state index in [0.717, 1.165) is 16.7 Å². The summed E-state index contributed by atoms with van der Waals surface area (Å²) in [5.74, 6) is 0. The summed E-state index contributed by atoms with van der Waals surface area (Å²) in [6, 6.07) is 15.1. The van der Waals surface area contributed by atoms with Crippen molar-refractivity contribution >= 4 is 34.2 Å². The molecule has 0 unspecified atom stereocenters. The first-order valence-corrected chi connectivity index (χ1v) is 6.66. The normalized spacial score (nSPS) is 12.1. The van der Waals surface area contributed by atoms with E-state index in [4.69, 9.17) is 29.7 Å². The maximum atomic E-state index is 9.35. The van der Waals surface area contributed by atoms with E-state index in [0.29, 0.717) is 26.4 Å². The van der Waals surface area contributed by atoms with E-state index in [1.54, 1.807) is 12.1 Å².